The van der Waals surface area contributed by atoms with Crippen LogP contribution in [-0.2, 0) is 0 Å². The Hall–Kier alpha value is -1.00. The molecule has 4 heteroatoms. The van der Waals surface area contributed by atoms with Gasteiger partial charge in [-0.15, -0.1) is 0 Å². The average Bonchev–Trinajstić information content (AvgIpc) is 2.35. The third-order valence-electron chi connectivity index (χ3n) is 2.86. The topological polar surface area (TPSA) is 25.8 Å². The Labute approximate surface area is 116 Å². The summed E-state index contributed by atoms with van der Waals surface area (Å²) in [6, 6.07) is 8.33. The smallest absolute Gasteiger partial charge is 0.107 e. The van der Waals surface area contributed by atoms with Gasteiger partial charge in [-0.25, -0.2) is 9.97 Å². The van der Waals surface area contributed by atoms with Crippen molar-refractivity contribution in [1.29, 1.82) is 0 Å². The molecule has 0 fully saturated rings. The van der Waals surface area contributed by atoms with Crippen molar-refractivity contribution < 1.29 is 0 Å². The van der Waals surface area contributed by atoms with E-state index in [1.807, 2.05) is 13.8 Å². The highest BCUT2D eigenvalue weighted by Gasteiger charge is 2.03. The molecule has 0 saturated heterocycles. The van der Waals surface area contributed by atoms with Crippen LogP contribution in [0.15, 0.2) is 34.3 Å². The quantitative estimate of drug-likeness (QED) is 0.770. The zero-order valence-corrected chi connectivity index (χ0v) is 12.7. The fraction of sp³-hybridized carbons (Fsp3) is 0.286. The van der Waals surface area contributed by atoms with E-state index >= 15 is 0 Å². The number of rotatable bonds is 3. The predicted molar refractivity (Wildman–Crippen MR) is 79.1 cm³/mol. The van der Waals surface area contributed by atoms with Crippen molar-refractivity contribution in [2.75, 3.05) is 0 Å². The first-order valence-corrected chi connectivity index (χ1v) is 7.94. The van der Waals surface area contributed by atoms with E-state index in [1.165, 1.54) is 11.1 Å². The molecule has 2 aromatic heterocycles. The van der Waals surface area contributed by atoms with E-state index in [2.05, 4.69) is 48.1 Å². The lowest BCUT2D eigenvalue weighted by Crippen LogP contribution is -1.88. The van der Waals surface area contributed by atoms with Crippen LogP contribution in [0.5, 0.6) is 0 Å². The third kappa shape index (κ3) is 3.27. The number of hydrogen-bond acceptors (Lipinski definition) is 4. The van der Waals surface area contributed by atoms with Crippen LogP contribution < -0.4 is 0 Å². The minimum absolute atomic E-state index is 1.03. The van der Waals surface area contributed by atoms with E-state index in [0.29, 0.717) is 0 Å². The van der Waals surface area contributed by atoms with E-state index in [0.717, 1.165) is 21.4 Å². The average molecular weight is 276 g/mol. The van der Waals surface area contributed by atoms with E-state index < -0.39 is 0 Å². The molecule has 0 radical (unpaired) electrons. The van der Waals surface area contributed by atoms with E-state index in [-0.39, 0.29) is 0 Å². The van der Waals surface area contributed by atoms with Gasteiger partial charge in [0.05, 0.1) is 0 Å². The van der Waals surface area contributed by atoms with Crippen LogP contribution in [0.4, 0.5) is 0 Å². The Morgan fingerprint density at radius 2 is 1.06 bits per heavy atom. The molecule has 0 bridgehead atoms. The lowest BCUT2D eigenvalue weighted by atomic mass is 10.2. The number of pyridine rings is 2. The molecule has 0 N–H and O–H groups in total. The highest BCUT2D eigenvalue weighted by atomic mass is 33.1. The molecule has 0 aliphatic rings. The number of nitrogens with zero attached hydrogens (tertiary/aromatic N) is 2. The molecule has 0 amide bonds. The van der Waals surface area contributed by atoms with Gasteiger partial charge in [-0.3, -0.25) is 0 Å². The monoisotopic (exact) mass is 276 g/mol. The van der Waals surface area contributed by atoms with Crippen LogP contribution in [0.2, 0.25) is 0 Å². The van der Waals surface area contributed by atoms with Gasteiger partial charge in [-0.2, -0.15) is 0 Å². The van der Waals surface area contributed by atoms with Crippen molar-refractivity contribution in [2.45, 2.75) is 37.7 Å². The van der Waals surface area contributed by atoms with E-state index in [1.54, 1.807) is 21.6 Å². The Morgan fingerprint density at radius 1 is 0.667 bits per heavy atom. The number of aromatic nitrogens is 2. The number of aryl methyl sites for hydroxylation is 4. The molecule has 0 spiro atoms. The molecule has 0 aliphatic heterocycles. The van der Waals surface area contributed by atoms with Crippen molar-refractivity contribution in [3.8, 4) is 0 Å². The summed E-state index contributed by atoms with van der Waals surface area (Å²) in [6.45, 7) is 8.24. The van der Waals surface area contributed by atoms with Gasteiger partial charge in [-0.1, -0.05) is 12.1 Å². The standard InChI is InChI=1S/C14H16N2S2/c1-9-5-7-13(15-11(9)3)17-18-14-8-6-10(2)12(4)16-14/h5-8H,1-4H3. The summed E-state index contributed by atoms with van der Waals surface area (Å²) in [7, 11) is 3.31. The maximum atomic E-state index is 4.54. The van der Waals surface area contributed by atoms with Gasteiger partial charge in [0.15, 0.2) is 0 Å². The van der Waals surface area contributed by atoms with Gasteiger partial charge in [-0.05, 0) is 72.5 Å². The second kappa shape index (κ2) is 5.76. The Balaban J connectivity index is 2.06. The van der Waals surface area contributed by atoms with Crippen LogP contribution in [0.1, 0.15) is 22.5 Å². The Kier molecular flexibility index (Phi) is 4.30. The molecule has 0 atom stereocenters. The normalized spacial score (nSPS) is 10.7. The third-order valence-corrected chi connectivity index (χ3v) is 5.02. The van der Waals surface area contributed by atoms with Gasteiger partial charge >= 0.3 is 0 Å². The molecule has 0 aliphatic carbocycles. The van der Waals surface area contributed by atoms with Crippen molar-refractivity contribution >= 4 is 21.6 Å². The lowest BCUT2D eigenvalue weighted by molar-refractivity contribution is 1.04. The minimum Gasteiger partial charge on any atom is -0.246 e. The molecule has 0 aromatic carbocycles. The zero-order valence-electron chi connectivity index (χ0n) is 11.0. The van der Waals surface area contributed by atoms with Crippen molar-refractivity contribution in [3.05, 3.63) is 46.8 Å². The minimum atomic E-state index is 1.03. The summed E-state index contributed by atoms with van der Waals surface area (Å²) < 4.78 is 0. The molecule has 0 saturated carbocycles. The van der Waals surface area contributed by atoms with Crippen molar-refractivity contribution in [2.24, 2.45) is 0 Å². The zero-order chi connectivity index (χ0) is 13.1. The number of hydrogen-bond donors (Lipinski definition) is 0. The molecule has 94 valence electrons. The fourth-order valence-corrected chi connectivity index (χ4v) is 3.23. The summed E-state index contributed by atoms with van der Waals surface area (Å²) in [5.74, 6) is 0. The first kappa shape index (κ1) is 13.4. The van der Waals surface area contributed by atoms with Crippen LogP contribution in [0.3, 0.4) is 0 Å². The molecule has 18 heavy (non-hydrogen) atoms. The molecular formula is C14H16N2S2. The Morgan fingerprint density at radius 3 is 1.39 bits per heavy atom. The summed E-state index contributed by atoms with van der Waals surface area (Å²) in [4.78, 5) is 9.08. The predicted octanol–water partition coefficient (Wildman–Crippen LogP) is 4.51. The van der Waals surface area contributed by atoms with Crippen LogP contribution in [0, 0.1) is 27.7 Å². The maximum absolute atomic E-state index is 4.54. The van der Waals surface area contributed by atoms with Crippen LogP contribution >= 0.6 is 21.6 Å². The molecule has 0 unspecified atom stereocenters. The molecule has 2 nitrogen and oxygen atoms in total. The fourth-order valence-electron chi connectivity index (χ4n) is 1.39. The van der Waals surface area contributed by atoms with Gasteiger partial charge in [0.1, 0.15) is 10.1 Å². The molecule has 2 aromatic rings. The molecule has 2 heterocycles. The summed E-state index contributed by atoms with van der Waals surface area (Å²) >= 11 is 0. The maximum Gasteiger partial charge on any atom is 0.107 e. The van der Waals surface area contributed by atoms with Crippen molar-refractivity contribution in [3.63, 3.8) is 0 Å². The second-order valence-corrected chi connectivity index (χ2v) is 6.44. The summed E-state index contributed by atoms with van der Waals surface area (Å²) in [5.41, 5.74) is 4.64. The van der Waals surface area contributed by atoms with Gasteiger partial charge < -0.3 is 0 Å². The van der Waals surface area contributed by atoms with Gasteiger partial charge in [0, 0.05) is 11.4 Å². The SMILES string of the molecule is Cc1ccc(SSc2ccc(C)c(C)n2)nc1C. The first-order valence-electron chi connectivity index (χ1n) is 5.79. The van der Waals surface area contributed by atoms with Crippen LogP contribution in [-0.4, -0.2) is 9.97 Å². The summed E-state index contributed by atoms with van der Waals surface area (Å²) in [5, 5.41) is 2.06. The molecular weight excluding hydrogens is 260 g/mol. The van der Waals surface area contributed by atoms with Gasteiger partial charge in [0.2, 0.25) is 0 Å². The molecule has 2 rings (SSSR count). The van der Waals surface area contributed by atoms with Gasteiger partial charge in [0.25, 0.3) is 0 Å². The van der Waals surface area contributed by atoms with Crippen molar-refractivity contribution in [1.82, 2.24) is 9.97 Å². The van der Waals surface area contributed by atoms with E-state index in [4.69, 9.17) is 0 Å². The first-order chi connectivity index (χ1) is 8.56. The largest absolute Gasteiger partial charge is 0.246 e. The highest BCUT2D eigenvalue weighted by Crippen LogP contribution is 2.35. The highest BCUT2D eigenvalue weighted by molar-refractivity contribution is 8.76. The van der Waals surface area contributed by atoms with Crippen LogP contribution in [0.25, 0.3) is 0 Å². The summed E-state index contributed by atoms with van der Waals surface area (Å²) in [6.07, 6.45) is 0. The lowest BCUT2D eigenvalue weighted by Gasteiger charge is -2.05. The van der Waals surface area contributed by atoms with E-state index in [9.17, 15) is 0 Å². The Bertz CT molecular complexity index is 516. The second-order valence-electron chi connectivity index (χ2n) is 4.27.